The Labute approximate surface area is 119 Å². The van der Waals surface area contributed by atoms with Gasteiger partial charge < -0.3 is 26.4 Å². The van der Waals surface area contributed by atoms with Gasteiger partial charge in [0, 0.05) is 12.5 Å². The number of rotatable bonds is 8. The molecule has 0 saturated carbocycles. The van der Waals surface area contributed by atoms with Crippen LogP contribution in [-0.4, -0.2) is 16.8 Å². The zero-order chi connectivity index (χ0) is 15.4. The molecule has 0 heterocycles. The van der Waals surface area contributed by atoms with Crippen molar-refractivity contribution in [2.24, 2.45) is 11.5 Å². The topological polar surface area (TPSA) is 102 Å². The molecule has 0 aromatic carbocycles. The van der Waals surface area contributed by atoms with Crippen molar-refractivity contribution < 1.29 is 14.9 Å². The van der Waals surface area contributed by atoms with E-state index in [2.05, 4.69) is 6.58 Å². The Hall–Kier alpha value is -2.56. The number of nitrogens with two attached hydrogens (primary N) is 2. The highest BCUT2D eigenvalue weighted by Crippen LogP contribution is 2.02. The first-order valence-electron chi connectivity index (χ1n) is 6.10. The Kier molecular flexibility index (Phi) is 9.04. The van der Waals surface area contributed by atoms with Crippen molar-refractivity contribution in [2.45, 2.75) is 13.3 Å². The van der Waals surface area contributed by atoms with E-state index in [9.17, 15) is 10.2 Å². The molecule has 0 aliphatic rings. The Morgan fingerprint density at radius 3 is 2.55 bits per heavy atom. The largest absolute Gasteiger partial charge is 0.506 e. The van der Waals surface area contributed by atoms with Crippen molar-refractivity contribution in [1.29, 1.82) is 0 Å². The van der Waals surface area contributed by atoms with E-state index in [0.717, 1.165) is 0 Å². The molecular weight excluding hydrogens is 256 g/mol. The predicted octanol–water partition coefficient (Wildman–Crippen LogP) is 2.68. The minimum absolute atomic E-state index is 0.0162. The summed E-state index contributed by atoms with van der Waals surface area (Å²) in [4.78, 5) is 0. The molecule has 0 aromatic heterocycles. The number of ether oxygens (including phenoxy) is 1. The van der Waals surface area contributed by atoms with Crippen LogP contribution < -0.4 is 11.5 Å². The maximum Gasteiger partial charge on any atom is 0.141 e. The van der Waals surface area contributed by atoms with Crippen LogP contribution in [0.1, 0.15) is 13.3 Å². The first kappa shape index (κ1) is 17.4. The van der Waals surface area contributed by atoms with Crippen molar-refractivity contribution in [3.63, 3.8) is 0 Å². The molecular formula is C15H22N2O3. The summed E-state index contributed by atoms with van der Waals surface area (Å²) < 4.78 is 5.13. The molecule has 0 aromatic rings. The van der Waals surface area contributed by atoms with Crippen LogP contribution in [0.5, 0.6) is 0 Å². The number of aliphatic hydroxyl groups excluding tert-OH is 2. The van der Waals surface area contributed by atoms with E-state index in [1.54, 1.807) is 19.1 Å². The maximum atomic E-state index is 9.50. The number of hydrogen-bond donors (Lipinski definition) is 4. The minimum atomic E-state index is -0.0698. The second-order valence-electron chi connectivity index (χ2n) is 3.75. The van der Waals surface area contributed by atoms with Crippen LogP contribution in [-0.2, 0) is 4.74 Å². The Balaban J connectivity index is 4.16. The molecule has 0 bridgehead atoms. The standard InChI is InChI=1S/C15H22N2O3/c1-3-6-12(16)14(18)8-5-10-20-11-9-15(19)13(17)7-4-2/h3-4,6-9,11,18-19H,1,5,10,16-17H2,2H3/b7-4-,11-9+,12-6+,14-8+,15-13-. The normalized spacial score (nSPS) is 14.7. The lowest BCUT2D eigenvalue weighted by atomic mass is 10.3. The van der Waals surface area contributed by atoms with E-state index >= 15 is 0 Å². The smallest absolute Gasteiger partial charge is 0.141 e. The van der Waals surface area contributed by atoms with E-state index in [-0.39, 0.29) is 22.9 Å². The number of aliphatic hydroxyl groups is 2. The molecule has 0 aliphatic carbocycles. The first-order chi connectivity index (χ1) is 9.52. The lowest BCUT2D eigenvalue weighted by molar-refractivity contribution is 0.252. The maximum absolute atomic E-state index is 9.50. The SMILES string of the molecule is C=C/C=C(N)\C(O)=C/CCO/C=C/C(O)=C(N)\C=C/C. The molecule has 20 heavy (non-hydrogen) atoms. The van der Waals surface area contributed by atoms with E-state index in [4.69, 9.17) is 16.2 Å². The van der Waals surface area contributed by atoms with Gasteiger partial charge >= 0.3 is 0 Å². The van der Waals surface area contributed by atoms with E-state index in [0.29, 0.717) is 13.0 Å². The van der Waals surface area contributed by atoms with Gasteiger partial charge in [-0.1, -0.05) is 18.7 Å². The fourth-order valence-electron chi connectivity index (χ4n) is 1.14. The molecule has 5 nitrogen and oxygen atoms in total. The first-order valence-corrected chi connectivity index (χ1v) is 6.10. The molecule has 0 spiro atoms. The van der Waals surface area contributed by atoms with Gasteiger partial charge in [0.25, 0.3) is 0 Å². The van der Waals surface area contributed by atoms with Crippen molar-refractivity contribution in [3.05, 3.63) is 72.2 Å². The number of hydrogen-bond acceptors (Lipinski definition) is 5. The van der Waals surface area contributed by atoms with Crippen LogP contribution in [0.25, 0.3) is 0 Å². The third kappa shape index (κ3) is 7.71. The van der Waals surface area contributed by atoms with Crippen molar-refractivity contribution in [3.8, 4) is 0 Å². The third-order valence-electron chi connectivity index (χ3n) is 2.13. The summed E-state index contributed by atoms with van der Waals surface area (Å²) in [6, 6.07) is 0. The molecule has 0 saturated heterocycles. The molecule has 0 radical (unpaired) electrons. The summed E-state index contributed by atoms with van der Waals surface area (Å²) in [6.45, 7) is 5.61. The molecule has 110 valence electrons. The molecule has 0 unspecified atom stereocenters. The van der Waals surface area contributed by atoms with E-state index in [1.165, 1.54) is 30.6 Å². The van der Waals surface area contributed by atoms with Crippen LogP contribution in [0.15, 0.2) is 72.2 Å². The Morgan fingerprint density at radius 2 is 1.95 bits per heavy atom. The predicted molar refractivity (Wildman–Crippen MR) is 81.5 cm³/mol. The summed E-state index contributed by atoms with van der Waals surface area (Å²) in [7, 11) is 0. The van der Waals surface area contributed by atoms with E-state index in [1.807, 2.05) is 0 Å². The molecule has 0 amide bonds. The van der Waals surface area contributed by atoms with Crippen molar-refractivity contribution >= 4 is 0 Å². The quantitative estimate of drug-likeness (QED) is 0.310. The molecule has 0 rings (SSSR count). The van der Waals surface area contributed by atoms with Gasteiger partial charge in [-0.05, 0) is 25.2 Å². The zero-order valence-electron chi connectivity index (χ0n) is 11.6. The zero-order valence-corrected chi connectivity index (χ0v) is 11.6. The lowest BCUT2D eigenvalue weighted by Gasteiger charge is -2.01. The van der Waals surface area contributed by atoms with Gasteiger partial charge in [0.1, 0.15) is 11.5 Å². The molecule has 0 fully saturated rings. The van der Waals surface area contributed by atoms with Crippen LogP contribution in [0.3, 0.4) is 0 Å². The Bertz CT molecular complexity index is 458. The highest BCUT2D eigenvalue weighted by atomic mass is 16.5. The summed E-state index contributed by atoms with van der Waals surface area (Å²) in [5, 5.41) is 19.0. The highest BCUT2D eigenvalue weighted by Gasteiger charge is 1.95. The third-order valence-corrected chi connectivity index (χ3v) is 2.13. The average molecular weight is 278 g/mol. The Morgan fingerprint density at radius 1 is 1.25 bits per heavy atom. The van der Waals surface area contributed by atoms with Gasteiger partial charge in [0.15, 0.2) is 0 Å². The van der Waals surface area contributed by atoms with Gasteiger partial charge in [-0.3, -0.25) is 0 Å². The second-order valence-corrected chi connectivity index (χ2v) is 3.75. The lowest BCUT2D eigenvalue weighted by Crippen LogP contribution is -2.00. The molecule has 0 aliphatic heterocycles. The molecule has 5 heteroatoms. The minimum Gasteiger partial charge on any atom is -0.506 e. The van der Waals surface area contributed by atoms with Crippen molar-refractivity contribution in [1.82, 2.24) is 0 Å². The fraction of sp³-hybridized carbons (Fsp3) is 0.200. The van der Waals surface area contributed by atoms with Crippen molar-refractivity contribution in [2.75, 3.05) is 6.61 Å². The van der Waals surface area contributed by atoms with Crippen LogP contribution in [0.2, 0.25) is 0 Å². The van der Waals surface area contributed by atoms with E-state index < -0.39 is 0 Å². The number of allylic oxidation sites excluding steroid dienone is 5. The van der Waals surface area contributed by atoms with Crippen LogP contribution in [0, 0.1) is 0 Å². The molecule has 6 N–H and O–H groups in total. The average Bonchev–Trinajstić information content (AvgIpc) is 2.42. The highest BCUT2D eigenvalue weighted by molar-refractivity contribution is 5.25. The van der Waals surface area contributed by atoms with Gasteiger partial charge in [-0.2, -0.15) is 0 Å². The summed E-state index contributed by atoms with van der Waals surface area (Å²) in [5.41, 5.74) is 11.6. The van der Waals surface area contributed by atoms with Gasteiger partial charge in [0.2, 0.25) is 0 Å². The fourth-order valence-corrected chi connectivity index (χ4v) is 1.14. The summed E-state index contributed by atoms with van der Waals surface area (Å²) in [6.07, 6.45) is 11.0. The van der Waals surface area contributed by atoms with Crippen LogP contribution in [0.4, 0.5) is 0 Å². The second kappa shape index (κ2) is 10.4. The van der Waals surface area contributed by atoms with Gasteiger partial charge in [0.05, 0.1) is 24.3 Å². The van der Waals surface area contributed by atoms with Gasteiger partial charge in [-0.25, -0.2) is 0 Å². The summed E-state index contributed by atoms with van der Waals surface area (Å²) in [5.74, 6) is -0.0859. The monoisotopic (exact) mass is 278 g/mol. The van der Waals surface area contributed by atoms with Crippen LogP contribution >= 0.6 is 0 Å². The van der Waals surface area contributed by atoms with Gasteiger partial charge in [-0.15, -0.1) is 0 Å². The summed E-state index contributed by atoms with van der Waals surface area (Å²) >= 11 is 0. The molecule has 0 atom stereocenters.